The first-order valence-corrected chi connectivity index (χ1v) is 7.72. The van der Waals surface area contributed by atoms with E-state index in [0.29, 0.717) is 27.9 Å². The van der Waals surface area contributed by atoms with Crippen LogP contribution < -0.4 is 5.32 Å². The number of nitrogens with one attached hydrogen (secondary N) is 2. The number of carbonyl (C=O) groups excluding carboxylic acids is 1. The maximum Gasteiger partial charge on any atom is 0.239 e. The second-order valence-corrected chi connectivity index (χ2v) is 5.45. The van der Waals surface area contributed by atoms with E-state index >= 15 is 0 Å². The summed E-state index contributed by atoms with van der Waals surface area (Å²) in [7, 11) is 0. The largest absolute Gasteiger partial charge is 0.324 e. The number of halogens is 2. The van der Waals surface area contributed by atoms with Crippen LogP contribution in [0, 0.1) is 0 Å². The van der Waals surface area contributed by atoms with Crippen molar-refractivity contribution in [2.75, 3.05) is 11.2 Å². The predicted octanol–water partition coefficient (Wildman–Crippen LogP) is 3.97. The number of nitrogens with zero attached hydrogens (tertiary/aromatic N) is 2. The van der Waals surface area contributed by atoms with E-state index < -0.39 is 0 Å². The molecule has 0 unspecified atom stereocenters. The summed E-state index contributed by atoms with van der Waals surface area (Å²) >= 11 is 11.6. The van der Waals surface area contributed by atoms with Crippen LogP contribution in [0.2, 0.25) is 5.02 Å². The highest BCUT2D eigenvalue weighted by atomic mass is 35.5. The fourth-order valence-corrected chi connectivity index (χ4v) is 2.34. The lowest BCUT2D eigenvalue weighted by atomic mass is 10.1. The second kappa shape index (κ2) is 6.81. The summed E-state index contributed by atoms with van der Waals surface area (Å²) in [6, 6.07) is 14.7. The topological polar surface area (TPSA) is 70.7 Å². The number of hydrogen-bond acceptors (Lipinski definition) is 3. The van der Waals surface area contributed by atoms with Gasteiger partial charge in [-0.05, 0) is 18.2 Å². The molecule has 5 nitrogen and oxygen atoms in total. The van der Waals surface area contributed by atoms with Crippen molar-refractivity contribution in [1.82, 2.24) is 15.2 Å². The molecular weight excluding hydrogens is 335 g/mol. The molecule has 0 aliphatic rings. The van der Waals surface area contributed by atoms with Crippen LogP contribution in [0.25, 0.3) is 22.8 Å². The summed E-state index contributed by atoms with van der Waals surface area (Å²) in [6.45, 7) is 0. The predicted molar refractivity (Wildman–Crippen MR) is 91.6 cm³/mol. The van der Waals surface area contributed by atoms with E-state index in [9.17, 15) is 4.79 Å². The summed E-state index contributed by atoms with van der Waals surface area (Å²) < 4.78 is 0. The molecule has 3 aromatic rings. The number of aromatic nitrogens is 3. The van der Waals surface area contributed by atoms with Gasteiger partial charge in [0.25, 0.3) is 0 Å². The van der Waals surface area contributed by atoms with Crippen LogP contribution >= 0.6 is 23.2 Å². The number of anilines is 1. The van der Waals surface area contributed by atoms with E-state index in [1.165, 1.54) is 0 Å². The zero-order valence-electron chi connectivity index (χ0n) is 11.9. The number of benzene rings is 2. The highest BCUT2D eigenvalue weighted by molar-refractivity contribution is 6.31. The van der Waals surface area contributed by atoms with E-state index in [0.717, 1.165) is 5.56 Å². The Bertz CT molecular complexity index is 833. The van der Waals surface area contributed by atoms with E-state index in [4.69, 9.17) is 23.2 Å². The molecule has 0 aliphatic heterocycles. The minimum absolute atomic E-state index is 0.131. The van der Waals surface area contributed by atoms with Crippen molar-refractivity contribution in [3.05, 3.63) is 53.6 Å². The van der Waals surface area contributed by atoms with Gasteiger partial charge in [0.2, 0.25) is 5.91 Å². The SMILES string of the molecule is O=C(CCl)Nc1ccc(Cl)cc1-c1nc(-c2ccccc2)n[nH]1. The molecule has 3 rings (SSSR count). The lowest BCUT2D eigenvalue weighted by Gasteiger charge is -2.08. The van der Waals surface area contributed by atoms with Crippen LogP contribution in [-0.2, 0) is 4.79 Å². The number of amides is 1. The van der Waals surface area contributed by atoms with Crippen LogP contribution in [0.4, 0.5) is 5.69 Å². The molecule has 0 saturated carbocycles. The molecule has 7 heteroatoms. The molecule has 2 aromatic carbocycles. The first kappa shape index (κ1) is 15.5. The van der Waals surface area contributed by atoms with Gasteiger partial charge in [-0.3, -0.25) is 9.89 Å². The number of hydrogen-bond donors (Lipinski definition) is 2. The van der Waals surface area contributed by atoms with E-state index in [1.54, 1.807) is 18.2 Å². The fourth-order valence-electron chi connectivity index (χ4n) is 2.10. The maximum absolute atomic E-state index is 11.6. The van der Waals surface area contributed by atoms with E-state index in [-0.39, 0.29) is 11.8 Å². The van der Waals surface area contributed by atoms with Crippen molar-refractivity contribution in [1.29, 1.82) is 0 Å². The molecule has 2 N–H and O–H groups in total. The summed E-state index contributed by atoms with van der Waals surface area (Å²) in [4.78, 5) is 16.0. The van der Waals surface area contributed by atoms with Crippen LogP contribution in [0.15, 0.2) is 48.5 Å². The molecule has 0 atom stereocenters. The number of rotatable bonds is 4. The van der Waals surface area contributed by atoms with Gasteiger partial charge in [-0.15, -0.1) is 11.6 Å². The third-order valence-electron chi connectivity index (χ3n) is 3.15. The number of H-pyrrole nitrogens is 1. The number of aromatic amines is 1. The Labute approximate surface area is 142 Å². The highest BCUT2D eigenvalue weighted by Gasteiger charge is 2.13. The van der Waals surface area contributed by atoms with Crippen molar-refractivity contribution < 1.29 is 4.79 Å². The standard InChI is InChI=1S/C16H12Cl2N4O/c17-9-14(23)19-13-7-6-11(18)8-12(13)16-20-15(21-22-16)10-4-2-1-3-5-10/h1-8H,9H2,(H,19,23)(H,20,21,22). The Hall–Kier alpha value is -2.37. The van der Waals surface area contributed by atoms with Crippen LogP contribution in [0.3, 0.4) is 0 Å². The van der Waals surface area contributed by atoms with Gasteiger partial charge in [-0.1, -0.05) is 41.9 Å². The van der Waals surface area contributed by atoms with Crippen molar-refractivity contribution in [2.24, 2.45) is 0 Å². The molecule has 0 aliphatic carbocycles. The summed E-state index contributed by atoms with van der Waals surface area (Å²) in [5.74, 6) is 0.637. The Morgan fingerprint density at radius 3 is 2.70 bits per heavy atom. The Morgan fingerprint density at radius 2 is 1.96 bits per heavy atom. The van der Waals surface area contributed by atoms with Gasteiger partial charge >= 0.3 is 0 Å². The Balaban J connectivity index is 2.00. The normalized spacial score (nSPS) is 10.5. The van der Waals surface area contributed by atoms with Crippen molar-refractivity contribution in [3.8, 4) is 22.8 Å². The van der Waals surface area contributed by atoms with Crippen molar-refractivity contribution >= 4 is 34.8 Å². The lowest BCUT2D eigenvalue weighted by molar-refractivity contribution is -0.113. The zero-order valence-corrected chi connectivity index (χ0v) is 13.4. The van der Waals surface area contributed by atoms with Gasteiger partial charge in [0.15, 0.2) is 11.6 Å². The Morgan fingerprint density at radius 1 is 1.17 bits per heavy atom. The fraction of sp³-hybridized carbons (Fsp3) is 0.0625. The lowest BCUT2D eigenvalue weighted by Crippen LogP contribution is -2.13. The van der Waals surface area contributed by atoms with Gasteiger partial charge in [0, 0.05) is 16.1 Å². The summed E-state index contributed by atoms with van der Waals surface area (Å²) in [5, 5.41) is 10.3. The highest BCUT2D eigenvalue weighted by Crippen LogP contribution is 2.29. The number of alkyl halides is 1. The molecule has 0 bridgehead atoms. The van der Waals surface area contributed by atoms with Gasteiger partial charge in [0.1, 0.15) is 5.88 Å². The first-order valence-electron chi connectivity index (χ1n) is 6.81. The minimum Gasteiger partial charge on any atom is -0.324 e. The molecule has 116 valence electrons. The second-order valence-electron chi connectivity index (χ2n) is 4.75. The third kappa shape index (κ3) is 3.52. The molecular formula is C16H12Cl2N4O. The van der Waals surface area contributed by atoms with Gasteiger partial charge in [-0.2, -0.15) is 5.10 Å². The number of carbonyl (C=O) groups is 1. The van der Waals surface area contributed by atoms with Gasteiger partial charge in [0.05, 0.1) is 5.69 Å². The van der Waals surface area contributed by atoms with Crippen molar-refractivity contribution in [2.45, 2.75) is 0 Å². The molecule has 1 heterocycles. The molecule has 0 fully saturated rings. The van der Waals surface area contributed by atoms with Crippen LogP contribution in [-0.4, -0.2) is 27.0 Å². The third-order valence-corrected chi connectivity index (χ3v) is 3.63. The van der Waals surface area contributed by atoms with E-state index in [1.807, 2.05) is 30.3 Å². The molecule has 0 spiro atoms. The Kier molecular flexibility index (Phi) is 4.60. The first-order chi connectivity index (χ1) is 11.2. The molecule has 0 radical (unpaired) electrons. The zero-order chi connectivity index (χ0) is 16.2. The average molecular weight is 347 g/mol. The smallest absolute Gasteiger partial charge is 0.239 e. The minimum atomic E-state index is -0.307. The average Bonchev–Trinajstić information content (AvgIpc) is 3.07. The van der Waals surface area contributed by atoms with Crippen molar-refractivity contribution in [3.63, 3.8) is 0 Å². The van der Waals surface area contributed by atoms with E-state index in [2.05, 4.69) is 20.5 Å². The molecule has 1 amide bonds. The molecule has 0 saturated heterocycles. The molecule has 1 aromatic heterocycles. The van der Waals surface area contributed by atoms with Crippen LogP contribution in [0.5, 0.6) is 0 Å². The quantitative estimate of drug-likeness (QED) is 0.702. The molecule has 23 heavy (non-hydrogen) atoms. The van der Waals surface area contributed by atoms with Crippen LogP contribution in [0.1, 0.15) is 0 Å². The van der Waals surface area contributed by atoms with Gasteiger partial charge in [-0.25, -0.2) is 4.98 Å². The summed E-state index contributed by atoms with van der Waals surface area (Å²) in [5.41, 5.74) is 2.10. The monoisotopic (exact) mass is 346 g/mol. The van der Waals surface area contributed by atoms with Gasteiger partial charge < -0.3 is 5.32 Å². The maximum atomic E-state index is 11.6. The summed E-state index contributed by atoms with van der Waals surface area (Å²) in [6.07, 6.45) is 0.